The number of aromatic nitrogens is 2. The lowest BCUT2D eigenvalue weighted by Crippen LogP contribution is -2.10. The fourth-order valence-electron chi connectivity index (χ4n) is 1.56. The van der Waals surface area contributed by atoms with Crippen LogP contribution in [0.3, 0.4) is 0 Å². The maximum absolute atomic E-state index is 12.6. The fourth-order valence-corrected chi connectivity index (χ4v) is 1.56. The van der Waals surface area contributed by atoms with Crippen LogP contribution in [0.1, 0.15) is 11.4 Å². The van der Waals surface area contributed by atoms with Crippen molar-refractivity contribution in [3.63, 3.8) is 0 Å². The van der Waals surface area contributed by atoms with E-state index in [9.17, 15) is 13.2 Å². The van der Waals surface area contributed by atoms with Crippen molar-refractivity contribution in [2.75, 3.05) is 6.54 Å². The molecule has 0 aliphatic heterocycles. The molecule has 2 aromatic rings. The van der Waals surface area contributed by atoms with Crippen molar-refractivity contribution in [3.8, 4) is 0 Å². The molecule has 0 radical (unpaired) electrons. The van der Waals surface area contributed by atoms with Crippen molar-refractivity contribution < 1.29 is 13.2 Å². The zero-order valence-corrected chi connectivity index (χ0v) is 8.33. The number of fused-ring (bicyclic) bond motifs is 1. The summed E-state index contributed by atoms with van der Waals surface area (Å²) < 4.78 is 39.0. The minimum atomic E-state index is -4.37. The van der Waals surface area contributed by atoms with Crippen LogP contribution in [0.25, 0.3) is 5.65 Å². The molecule has 0 aliphatic rings. The van der Waals surface area contributed by atoms with Crippen LogP contribution in [-0.4, -0.2) is 15.9 Å². The third-order valence-corrected chi connectivity index (χ3v) is 2.23. The molecular weight excluding hydrogens is 219 g/mol. The largest absolute Gasteiger partial charge is 0.431 e. The van der Waals surface area contributed by atoms with Gasteiger partial charge in [0.2, 0.25) is 0 Å². The molecule has 2 aromatic heterocycles. The van der Waals surface area contributed by atoms with Gasteiger partial charge in [-0.15, -0.1) is 0 Å². The van der Waals surface area contributed by atoms with Crippen LogP contribution in [-0.2, 0) is 12.6 Å². The number of nitrogens with two attached hydrogens (primary N) is 1. The van der Waals surface area contributed by atoms with E-state index >= 15 is 0 Å². The van der Waals surface area contributed by atoms with Gasteiger partial charge in [0, 0.05) is 12.6 Å². The molecule has 0 spiro atoms. The van der Waals surface area contributed by atoms with Crippen molar-refractivity contribution in [1.29, 1.82) is 0 Å². The molecule has 16 heavy (non-hydrogen) atoms. The summed E-state index contributed by atoms with van der Waals surface area (Å²) in [6, 6.07) is 3.91. The molecule has 2 heterocycles. The topological polar surface area (TPSA) is 43.3 Å². The molecule has 2 rings (SSSR count). The van der Waals surface area contributed by atoms with Crippen molar-refractivity contribution in [1.82, 2.24) is 9.38 Å². The molecule has 0 aliphatic carbocycles. The Morgan fingerprint density at radius 3 is 2.69 bits per heavy atom. The third-order valence-electron chi connectivity index (χ3n) is 2.23. The summed E-state index contributed by atoms with van der Waals surface area (Å²) in [6.45, 7) is 0.366. The molecule has 0 fully saturated rings. The molecular formula is C10H10F3N3. The van der Waals surface area contributed by atoms with Crippen LogP contribution >= 0.6 is 0 Å². The molecule has 86 valence electrons. The van der Waals surface area contributed by atoms with E-state index in [2.05, 4.69) is 4.98 Å². The summed E-state index contributed by atoms with van der Waals surface area (Å²) in [6.07, 6.45) is -2.52. The summed E-state index contributed by atoms with van der Waals surface area (Å²) in [5.74, 6) is 0. The molecule has 6 heteroatoms. The predicted octanol–water partition coefficient (Wildman–Crippen LogP) is 1.85. The maximum Gasteiger partial charge on any atom is 0.431 e. The van der Waals surface area contributed by atoms with Crippen LogP contribution in [0, 0.1) is 0 Å². The average molecular weight is 229 g/mol. The van der Waals surface area contributed by atoms with Gasteiger partial charge in [0.05, 0.1) is 5.69 Å². The first-order chi connectivity index (χ1) is 7.52. The molecule has 0 atom stereocenters. The molecule has 0 aromatic carbocycles. The fraction of sp³-hybridized carbons (Fsp3) is 0.300. The SMILES string of the molecule is NCCc1cn2c(C(F)(F)F)cccc2n1. The molecule has 0 saturated carbocycles. The average Bonchev–Trinajstić information content (AvgIpc) is 2.58. The highest BCUT2D eigenvalue weighted by atomic mass is 19.4. The van der Waals surface area contributed by atoms with Gasteiger partial charge in [-0.05, 0) is 18.7 Å². The second kappa shape index (κ2) is 3.79. The number of halogens is 3. The van der Waals surface area contributed by atoms with Crippen LogP contribution in [0.2, 0.25) is 0 Å². The van der Waals surface area contributed by atoms with E-state index in [1.807, 2.05) is 0 Å². The quantitative estimate of drug-likeness (QED) is 0.854. The first-order valence-corrected chi connectivity index (χ1v) is 4.76. The maximum atomic E-state index is 12.6. The molecule has 0 amide bonds. The van der Waals surface area contributed by atoms with E-state index in [1.165, 1.54) is 18.3 Å². The number of imidazole rings is 1. The Morgan fingerprint density at radius 2 is 2.06 bits per heavy atom. The van der Waals surface area contributed by atoms with Crippen LogP contribution in [0.4, 0.5) is 13.2 Å². The minimum Gasteiger partial charge on any atom is -0.330 e. The van der Waals surface area contributed by atoms with Gasteiger partial charge in [-0.25, -0.2) is 4.98 Å². The van der Waals surface area contributed by atoms with Gasteiger partial charge in [0.15, 0.2) is 0 Å². The van der Waals surface area contributed by atoms with E-state index in [4.69, 9.17) is 5.73 Å². The number of rotatable bonds is 2. The number of hydrogen-bond donors (Lipinski definition) is 1. The number of pyridine rings is 1. The van der Waals surface area contributed by atoms with E-state index in [0.717, 1.165) is 10.5 Å². The minimum absolute atomic E-state index is 0.290. The summed E-state index contributed by atoms with van der Waals surface area (Å²) in [7, 11) is 0. The van der Waals surface area contributed by atoms with E-state index in [1.54, 1.807) is 0 Å². The van der Waals surface area contributed by atoms with E-state index in [-0.39, 0.29) is 0 Å². The molecule has 0 saturated heterocycles. The summed E-state index contributed by atoms with van der Waals surface area (Å²) >= 11 is 0. The Balaban J connectivity index is 2.59. The lowest BCUT2D eigenvalue weighted by molar-refractivity contribution is -0.142. The Hall–Kier alpha value is -1.56. The second-order valence-electron chi connectivity index (χ2n) is 3.41. The Bertz CT molecular complexity index is 501. The lowest BCUT2D eigenvalue weighted by atomic mass is 10.3. The molecule has 2 N–H and O–H groups in total. The number of hydrogen-bond acceptors (Lipinski definition) is 2. The molecule has 0 unspecified atom stereocenters. The monoisotopic (exact) mass is 229 g/mol. The summed E-state index contributed by atoms with van der Waals surface area (Å²) in [4.78, 5) is 4.06. The Labute approximate surface area is 89.7 Å². The van der Waals surface area contributed by atoms with Crippen LogP contribution in [0.15, 0.2) is 24.4 Å². The van der Waals surface area contributed by atoms with Gasteiger partial charge in [-0.1, -0.05) is 6.07 Å². The second-order valence-corrected chi connectivity index (χ2v) is 3.41. The van der Waals surface area contributed by atoms with Gasteiger partial charge >= 0.3 is 6.18 Å². The molecule has 0 bridgehead atoms. The van der Waals surface area contributed by atoms with Crippen LogP contribution < -0.4 is 5.73 Å². The van der Waals surface area contributed by atoms with Crippen molar-refractivity contribution in [3.05, 3.63) is 35.8 Å². The van der Waals surface area contributed by atoms with Crippen LogP contribution in [0.5, 0.6) is 0 Å². The highest BCUT2D eigenvalue weighted by Gasteiger charge is 2.33. The van der Waals surface area contributed by atoms with Gasteiger partial charge < -0.3 is 5.73 Å². The van der Waals surface area contributed by atoms with Gasteiger partial charge in [0.1, 0.15) is 11.3 Å². The zero-order chi connectivity index (χ0) is 11.8. The highest BCUT2D eigenvalue weighted by Crippen LogP contribution is 2.29. The van der Waals surface area contributed by atoms with Gasteiger partial charge in [-0.3, -0.25) is 4.40 Å². The van der Waals surface area contributed by atoms with E-state index < -0.39 is 11.9 Å². The first kappa shape index (κ1) is 10.9. The first-order valence-electron chi connectivity index (χ1n) is 4.76. The standard InChI is InChI=1S/C10H10F3N3/c11-10(12,13)8-2-1-3-9-15-7(4-5-14)6-16(8)9/h1-3,6H,4-5,14H2. The normalized spacial score (nSPS) is 12.2. The smallest absolute Gasteiger partial charge is 0.330 e. The van der Waals surface area contributed by atoms with Gasteiger partial charge in [-0.2, -0.15) is 13.2 Å². The predicted molar refractivity (Wildman–Crippen MR) is 53.0 cm³/mol. The van der Waals surface area contributed by atoms with Crippen molar-refractivity contribution >= 4 is 5.65 Å². The molecule has 3 nitrogen and oxygen atoms in total. The highest BCUT2D eigenvalue weighted by molar-refractivity contribution is 5.42. The zero-order valence-electron chi connectivity index (χ0n) is 8.33. The number of alkyl halides is 3. The Kier molecular flexibility index (Phi) is 2.59. The van der Waals surface area contributed by atoms with Gasteiger partial charge in [0.25, 0.3) is 0 Å². The lowest BCUT2D eigenvalue weighted by Gasteiger charge is -2.08. The third kappa shape index (κ3) is 1.88. The number of nitrogens with zero attached hydrogens (tertiary/aromatic N) is 2. The summed E-state index contributed by atoms with van der Waals surface area (Å²) in [5, 5.41) is 0. The Morgan fingerprint density at radius 1 is 1.31 bits per heavy atom. The van der Waals surface area contributed by atoms with Crippen molar-refractivity contribution in [2.24, 2.45) is 5.73 Å². The van der Waals surface area contributed by atoms with E-state index in [0.29, 0.717) is 24.3 Å². The van der Waals surface area contributed by atoms with Crippen molar-refractivity contribution in [2.45, 2.75) is 12.6 Å². The summed E-state index contributed by atoms with van der Waals surface area (Å²) in [5.41, 5.74) is 5.47.